The average molecular weight is 423 g/mol. The van der Waals surface area contributed by atoms with Crippen LogP contribution >= 0.6 is 0 Å². The largest absolute Gasteiger partial charge is 0.489 e. The summed E-state index contributed by atoms with van der Waals surface area (Å²) in [6.45, 7) is -0.520. The van der Waals surface area contributed by atoms with Crippen LogP contribution < -0.4 is 15.0 Å². The van der Waals surface area contributed by atoms with Crippen molar-refractivity contribution in [3.63, 3.8) is 0 Å². The van der Waals surface area contributed by atoms with E-state index >= 15 is 0 Å². The normalized spacial score (nSPS) is 14.2. The van der Waals surface area contributed by atoms with E-state index in [1.54, 1.807) is 0 Å². The van der Waals surface area contributed by atoms with Gasteiger partial charge in [0.15, 0.2) is 0 Å². The third-order valence-electron chi connectivity index (χ3n) is 3.95. The topological polar surface area (TPSA) is 54.5 Å². The van der Waals surface area contributed by atoms with Crippen molar-refractivity contribution >= 4 is 17.4 Å². The van der Waals surface area contributed by atoms with Gasteiger partial charge >= 0.3 is 12.4 Å². The maximum absolute atomic E-state index is 13.3. The summed E-state index contributed by atoms with van der Waals surface area (Å²) in [6, 6.07) is 3.70. The average Bonchev–Trinajstić information content (AvgIpc) is 2.63. The van der Waals surface area contributed by atoms with E-state index in [-0.39, 0.29) is 30.7 Å². The van der Waals surface area contributed by atoms with Gasteiger partial charge in [0.05, 0.1) is 24.3 Å². The lowest BCUT2D eigenvalue weighted by atomic mass is 10.2. The fourth-order valence-corrected chi connectivity index (χ4v) is 2.64. The summed E-state index contributed by atoms with van der Waals surface area (Å²) in [7, 11) is 0. The van der Waals surface area contributed by atoms with Crippen molar-refractivity contribution < 1.29 is 40.3 Å². The molecule has 0 aliphatic carbocycles. The highest BCUT2D eigenvalue weighted by Crippen LogP contribution is 2.36. The molecule has 1 amide bonds. The number of nitrogens with one attached hydrogen (secondary N) is 1. The number of benzene rings is 1. The third-order valence-corrected chi connectivity index (χ3v) is 3.95. The van der Waals surface area contributed by atoms with Gasteiger partial charge in [0, 0.05) is 6.07 Å². The van der Waals surface area contributed by atoms with Crippen molar-refractivity contribution in [2.75, 3.05) is 29.9 Å². The molecule has 0 fully saturated rings. The lowest BCUT2D eigenvalue weighted by Crippen LogP contribution is -2.41. The standard InChI is InChI=1S/C17H12F7N3O2/c18-10-1-2-11-12(7-10)29-4-3-27(11)15(28)8-25-14-6-9(16(19,20)21)5-13(26-14)17(22,23)24/h1-2,5-7H,3-4,8H2,(H,25,26). The van der Waals surface area contributed by atoms with E-state index < -0.39 is 47.7 Å². The summed E-state index contributed by atoms with van der Waals surface area (Å²) >= 11 is 0. The fourth-order valence-electron chi connectivity index (χ4n) is 2.64. The van der Waals surface area contributed by atoms with Gasteiger partial charge in [-0.15, -0.1) is 0 Å². The second-order valence-electron chi connectivity index (χ2n) is 5.98. The SMILES string of the molecule is O=C(CNc1cc(C(F)(F)F)cc(C(F)(F)F)n1)N1CCOc2cc(F)ccc21. The molecule has 156 valence electrons. The van der Waals surface area contributed by atoms with Crippen LogP contribution in [0.15, 0.2) is 30.3 Å². The molecule has 0 radical (unpaired) electrons. The van der Waals surface area contributed by atoms with Gasteiger partial charge in [-0.25, -0.2) is 9.37 Å². The molecule has 1 N–H and O–H groups in total. The van der Waals surface area contributed by atoms with Crippen LogP contribution in [-0.2, 0) is 17.1 Å². The number of nitrogens with zero attached hydrogens (tertiary/aromatic N) is 2. The first-order chi connectivity index (χ1) is 13.4. The molecule has 2 heterocycles. The van der Waals surface area contributed by atoms with E-state index in [9.17, 15) is 35.5 Å². The minimum absolute atomic E-state index is 0.0439. The quantitative estimate of drug-likeness (QED) is 0.756. The predicted molar refractivity (Wildman–Crippen MR) is 87.0 cm³/mol. The molecule has 0 unspecified atom stereocenters. The number of amides is 1. The molecular weight excluding hydrogens is 411 g/mol. The number of fused-ring (bicyclic) bond motifs is 1. The Morgan fingerprint density at radius 3 is 2.48 bits per heavy atom. The first-order valence-electron chi connectivity index (χ1n) is 8.08. The Morgan fingerprint density at radius 1 is 1.10 bits per heavy atom. The Bertz CT molecular complexity index is 896. The number of carbonyl (C=O) groups excluding carboxylic acids is 1. The number of hydrogen-bond acceptors (Lipinski definition) is 4. The zero-order chi connectivity index (χ0) is 21.4. The smallest absolute Gasteiger partial charge is 0.433 e. The van der Waals surface area contributed by atoms with Crippen LogP contribution in [0.25, 0.3) is 0 Å². The van der Waals surface area contributed by atoms with Crippen LogP contribution in [0.3, 0.4) is 0 Å². The van der Waals surface area contributed by atoms with Crippen LogP contribution in [0.4, 0.5) is 42.2 Å². The molecule has 0 atom stereocenters. The summed E-state index contributed by atoms with van der Waals surface area (Å²) in [4.78, 5) is 16.7. The molecule has 1 aromatic heterocycles. The highest BCUT2D eigenvalue weighted by atomic mass is 19.4. The summed E-state index contributed by atoms with van der Waals surface area (Å²) in [5, 5.41) is 2.19. The lowest BCUT2D eigenvalue weighted by molar-refractivity contribution is -0.145. The highest BCUT2D eigenvalue weighted by molar-refractivity contribution is 5.97. The first kappa shape index (κ1) is 20.7. The maximum atomic E-state index is 13.3. The zero-order valence-corrected chi connectivity index (χ0v) is 14.4. The van der Waals surface area contributed by atoms with Crippen LogP contribution in [0.2, 0.25) is 0 Å². The minimum Gasteiger partial charge on any atom is -0.489 e. The third kappa shape index (κ3) is 4.69. The highest BCUT2D eigenvalue weighted by Gasteiger charge is 2.38. The Hall–Kier alpha value is -3.05. The van der Waals surface area contributed by atoms with Crippen LogP contribution in [0.5, 0.6) is 5.75 Å². The number of carbonyl (C=O) groups is 1. The van der Waals surface area contributed by atoms with E-state index in [1.165, 1.54) is 11.0 Å². The number of rotatable bonds is 3. The molecule has 3 rings (SSSR count). The second-order valence-corrected chi connectivity index (χ2v) is 5.98. The Labute approximate surface area is 159 Å². The molecular formula is C17H12F7N3O2. The number of halogens is 7. The lowest BCUT2D eigenvalue weighted by Gasteiger charge is -2.29. The van der Waals surface area contributed by atoms with Gasteiger partial charge < -0.3 is 15.0 Å². The van der Waals surface area contributed by atoms with Gasteiger partial charge in [-0.05, 0) is 24.3 Å². The Kier molecular flexibility index (Phi) is 5.28. The molecule has 0 bridgehead atoms. The summed E-state index contributed by atoms with van der Waals surface area (Å²) in [6.07, 6.45) is -10.1. The van der Waals surface area contributed by atoms with Crippen molar-refractivity contribution in [1.29, 1.82) is 0 Å². The number of ether oxygens (including phenoxy) is 1. The van der Waals surface area contributed by atoms with E-state index in [4.69, 9.17) is 4.74 Å². The first-order valence-corrected chi connectivity index (χ1v) is 8.08. The maximum Gasteiger partial charge on any atom is 0.433 e. The molecule has 1 aromatic carbocycles. The van der Waals surface area contributed by atoms with Crippen LogP contribution in [-0.4, -0.2) is 30.6 Å². The molecule has 5 nitrogen and oxygen atoms in total. The summed E-state index contributed by atoms with van der Waals surface area (Å²) in [5.74, 6) is -1.92. The van der Waals surface area contributed by atoms with Gasteiger partial charge in [-0.2, -0.15) is 26.3 Å². The zero-order valence-electron chi connectivity index (χ0n) is 14.4. The monoisotopic (exact) mass is 423 g/mol. The van der Waals surface area contributed by atoms with Gasteiger partial charge in [0.1, 0.15) is 29.7 Å². The van der Waals surface area contributed by atoms with E-state index in [1.807, 2.05) is 0 Å². The molecule has 0 saturated carbocycles. The molecule has 0 spiro atoms. The van der Waals surface area contributed by atoms with Crippen molar-refractivity contribution in [2.45, 2.75) is 12.4 Å². The molecule has 29 heavy (non-hydrogen) atoms. The van der Waals surface area contributed by atoms with Crippen LogP contribution in [0.1, 0.15) is 11.3 Å². The summed E-state index contributed by atoms with van der Waals surface area (Å²) < 4.78 is 95.7. The van der Waals surface area contributed by atoms with Crippen LogP contribution in [0, 0.1) is 5.82 Å². The van der Waals surface area contributed by atoms with Crippen molar-refractivity contribution in [1.82, 2.24) is 4.98 Å². The van der Waals surface area contributed by atoms with E-state index in [0.717, 1.165) is 12.1 Å². The van der Waals surface area contributed by atoms with Gasteiger partial charge in [0.2, 0.25) is 5.91 Å². The molecule has 1 aliphatic heterocycles. The molecule has 2 aromatic rings. The molecule has 12 heteroatoms. The second kappa shape index (κ2) is 7.41. The van der Waals surface area contributed by atoms with Crippen molar-refractivity contribution in [3.8, 4) is 5.75 Å². The van der Waals surface area contributed by atoms with Gasteiger partial charge in [0.25, 0.3) is 0 Å². The van der Waals surface area contributed by atoms with E-state index in [0.29, 0.717) is 6.07 Å². The van der Waals surface area contributed by atoms with E-state index in [2.05, 4.69) is 10.3 Å². The molecule has 0 saturated heterocycles. The molecule has 1 aliphatic rings. The van der Waals surface area contributed by atoms with Gasteiger partial charge in [-0.3, -0.25) is 4.79 Å². The number of pyridine rings is 1. The number of aromatic nitrogens is 1. The Balaban J connectivity index is 1.81. The minimum atomic E-state index is -5.10. The van der Waals surface area contributed by atoms with Crippen molar-refractivity contribution in [2.24, 2.45) is 0 Å². The number of anilines is 2. The number of hydrogen-bond donors (Lipinski definition) is 1. The fraction of sp³-hybridized carbons (Fsp3) is 0.294. The number of alkyl halides is 6. The Morgan fingerprint density at radius 2 is 1.83 bits per heavy atom. The predicted octanol–water partition coefficient (Wildman–Crippen LogP) is 4.10. The van der Waals surface area contributed by atoms with Crippen molar-refractivity contribution in [3.05, 3.63) is 47.4 Å². The summed E-state index contributed by atoms with van der Waals surface area (Å²) in [5.41, 5.74) is -3.06. The van der Waals surface area contributed by atoms with Gasteiger partial charge in [-0.1, -0.05) is 0 Å².